The molecule has 2 heterocycles. The Bertz CT molecular complexity index is 201. The van der Waals surface area contributed by atoms with Gasteiger partial charge in [0.25, 0.3) is 0 Å². The van der Waals surface area contributed by atoms with E-state index < -0.39 is 0 Å². The van der Waals surface area contributed by atoms with Crippen molar-refractivity contribution in [3.63, 3.8) is 0 Å². The summed E-state index contributed by atoms with van der Waals surface area (Å²) in [6.07, 6.45) is 3.34. The Morgan fingerprint density at radius 3 is 2.80 bits per heavy atom. The molecule has 2 rings (SSSR count). The van der Waals surface area contributed by atoms with E-state index in [0.29, 0.717) is 24.9 Å². The van der Waals surface area contributed by atoms with Crippen LogP contribution in [0.5, 0.6) is 0 Å². The smallest absolute Gasteiger partial charge is 0.0707 e. The molecule has 2 aliphatic rings. The summed E-state index contributed by atoms with van der Waals surface area (Å²) in [7, 11) is 0. The predicted octanol–water partition coefficient (Wildman–Crippen LogP) is 0.213. The molecule has 4 nitrogen and oxygen atoms in total. The molecular formula is C11H22N2O2. The molecule has 0 saturated carbocycles. The Kier molecular flexibility index (Phi) is 3.97. The van der Waals surface area contributed by atoms with Crippen molar-refractivity contribution in [2.24, 2.45) is 5.73 Å². The number of hydrogen-bond acceptors (Lipinski definition) is 4. The zero-order valence-corrected chi connectivity index (χ0v) is 9.52. The van der Waals surface area contributed by atoms with Gasteiger partial charge in [-0.2, -0.15) is 0 Å². The van der Waals surface area contributed by atoms with E-state index in [-0.39, 0.29) is 0 Å². The van der Waals surface area contributed by atoms with Crippen LogP contribution in [0.3, 0.4) is 0 Å². The molecule has 15 heavy (non-hydrogen) atoms. The number of ether oxygens (including phenoxy) is 2. The van der Waals surface area contributed by atoms with Crippen molar-refractivity contribution in [1.29, 1.82) is 0 Å². The lowest BCUT2D eigenvalue weighted by molar-refractivity contribution is -0.0416. The van der Waals surface area contributed by atoms with Crippen LogP contribution >= 0.6 is 0 Å². The summed E-state index contributed by atoms with van der Waals surface area (Å²) in [5.41, 5.74) is 5.59. The molecule has 3 unspecified atom stereocenters. The molecule has 0 aromatic carbocycles. The fourth-order valence-electron chi connectivity index (χ4n) is 2.43. The second-order valence-electron chi connectivity index (χ2n) is 4.63. The van der Waals surface area contributed by atoms with E-state index in [4.69, 9.17) is 15.2 Å². The van der Waals surface area contributed by atoms with E-state index in [9.17, 15) is 0 Å². The Hall–Kier alpha value is -0.160. The minimum absolute atomic E-state index is 0.300. The standard InChI is InChI=1S/C11H22N2O2/c1-9-7-13(4-5-14-9)8-11-3-2-10(6-12)15-11/h9-11H,2-8,12H2,1H3. The molecule has 0 bridgehead atoms. The van der Waals surface area contributed by atoms with Gasteiger partial charge >= 0.3 is 0 Å². The summed E-state index contributed by atoms with van der Waals surface area (Å²) >= 11 is 0. The van der Waals surface area contributed by atoms with Crippen LogP contribution in [-0.2, 0) is 9.47 Å². The van der Waals surface area contributed by atoms with Crippen LogP contribution in [0.15, 0.2) is 0 Å². The van der Waals surface area contributed by atoms with Gasteiger partial charge < -0.3 is 15.2 Å². The fourth-order valence-corrected chi connectivity index (χ4v) is 2.43. The first kappa shape index (κ1) is 11.3. The molecule has 3 atom stereocenters. The molecule has 0 radical (unpaired) electrons. The van der Waals surface area contributed by atoms with E-state index in [0.717, 1.165) is 39.1 Å². The second kappa shape index (κ2) is 5.25. The number of rotatable bonds is 3. The molecule has 0 aromatic rings. The summed E-state index contributed by atoms with van der Waals surface area (Å²) in [6.45, 7) is 6.77. The molecule has 2 N–H and O–H groups in total. The number of morpholine rings is 1. The van der Waals surface area contributed by atoms with Gasteiger partial charge in [0.2, 0.25) is 0 Å². The summed E-state index contributed by atoms with van der Waals surface area (Å²) in [6, 6.07) is 0. The molecule has 2 saturated heterocycles. The van der Waals surface area contributed by atoms with Gasteiger partial charge in [0.15, 0.2) is 0 Å². The molecule has 2 fully saturated rings. The average molecular weight is 214 g/mol. The molecule has 88 valence electrons. The van der Waals surface area contributed by atoms with Gasteiger partial charge in [0, 0.05) is 26.2 Å². The third kappa shape index (κ3) is 3.14. The van der Waals surface area contributed by atoms with Crippen LogP contribution in [0.4, 0.5) is 0 Å². The summed E-state index contributed by atoms with van der Waals surface area (Å²) in [5.74, 6) is 0. The maximum atomic E-state index is 5.84. The summed E-state index contributed by atoms with van der Waals surface area (Å²) in [4.78, 5) is 2.44. The van der Waals surface area contributed by atoms with Gasteiger partial charge in [-0.25, -0.2) is 0 Å². The fraction of sp³-hybridized carbons (Fsp3) is 1.00. The maximum Gasteiger partial charge on any atom is 0.0707 e. The molecule has 0 aliphatic carbocycles. The van der Waals surface area contributed by atoms with Crippen LogP contribution in [0, 0.1) is 0 Å². The first-order valence-corrected chi connectivity index (χ1v) is 5.97. The highest BCUT2D eigenvalue weighted by Gasteiger charge is 2.27. The third-order valence-corrected chi connectivity index (χ3v) is 3.25. The number of nitrogens with two attached hydrogens (primary N) is 1. The lowest BCUT2D eigenvalue weighted by Crippen LogP contribution is -2.44. The first-order chi connectivity index (χ1) is 7.28. The largest absolute Gasteiger partial charge is 0.376 e. The molecule has 2 aliphatic heterocycles. The average Bonchev–Trinajstić information content (AvgIpc) is 2.65. The van der Waals surface area contributed by atoms with Crippen molar-refractivity contribution >= 4 is 0 Å². The summed E-state index contributed by atoms with van der Waals surface area (Å²) < 4.78 is 11.4. The second-order valence-corrected chi connectivity index (χ2v) is 4.63. The molecule has 0 spiro atoms. The number of nitrogens with zero attached hydrogens (tertiary/aromatic N) is 1. The predicted molar refractivity (Wildman–Crippen MR) is 58.8 cm³/mol. The van der Waals surface area contributed by atoms with Gasteiger partial charge in [-0.3, -0.25) is 4.90 Å². The summed E-state index contributed by atoms with van der Waals surface area (Å²) in [5, 5.41) is 0. The Morgan fingerprint density at radius 2 is 2.13 bits per heavy atom. The van der Waals surface area contributed by atoms with Crippen LogP contribution in [0.1, 0.15) is 19.8 Å². The maximum absolute atomic E-state index is 5.84. The Balaban J connectivity index is 1.72. The van der Waals surface area contributed by atoms with E-state index in [1.54, 1.807) is 0 Å². The van der Waals surface area contributed by atoms with Gasteiger partial charge in [0.05, 0.1) is 24.9 Å². The van der Waals surface area contributed by atoms with Crippen molar-refractivity contribution in [1.82, 2.24) is 4.90 Å². The van der Waals surface area contributed by atoms with Crippen molar-refractivity contribution in [3.8, 4) is 0 Å². The molecule has 4 heteroatoms. The van der Waals surface area contributed by atoms with Crippen molar-refractivity contribution in [3.05, 3.63) is 0 Å². The molecular weight excluding hydrogens is 192 g/mol. The van der Waals surface area contributed by atoms with Crippen molar-refractivity contribution < 1.29 is 9.47 Å². The van der Waals surface area contributed by atoms with E-state index in [2.05, 4.69) is 11.8 Å². The van der Waals surface area contributed by atoms with Crippen molar-refractivity contribution in [2.45, 2.75) is 38.1 Å². The minimum Gasteiger partial charge on any atom is -0.376 e. The quantitative estimate of drug-likeness (QED) is 0.730. The van der Waals surface area contributed by atoms with Crippen molar-refractivity contribution in [2.75, 3.05) is 32.8 Å². The highest BCUT2D eigenvalue weighted by atomic mass is 16.5. The van der Waals surface area contributed by atoms with Crippen LogP contribution in [-0.4, -0.2) is 56.0 Å². The molecule has 0 aromatic heterocycles. The monoisotopic (exact) mass is 214 g/mol. The third-order valence-electron chi connectivity index (χ3n) is 3.25. The lowest BCUT2D eigenvalue weighted by atomic mass is 10.2. The van der Waals surface area contributed by atoms with Gasteiger partial charge in [-0.05, 0) is 19.8 Å². The van der Waals surface area contributed by atoms with E-state index in [1.807, 2.05) is 0 Å². The normalized spacial score (nSPS) is 38.4. The van der Waals surface area contributed by atoms with Gasteiger partial charge in [0.1, 0.15) is 0 Å². The van der Waals surface area contributed by atoms with Gasteiger partial charge in [-0.15, -0.1) is 0 Å². The van der Waals surface area contributed by atoms with E-state index in [1.165, 1.54) is 0 Å². The highest BCUT2D eigenvalue weighted by Crippen LogP contribution is 2.20. The topological polar surface area (TPSA) is 47.7 Å². The SMILES string of the molecule is CC1CN(CC2CCC(CN)O2)CCO1. The Labute approximate surface area is 91.7 Å². The lowest BCUT2D eigenvalue weighted by Gasteiger charge is -2.32. The van der Waals surface area contributed by atoms with Crippen LogP contribution < -0.4 is 5.73 Å². The number of hydrogen-bond donors (Lipinski definition) is 1. The zero-order chi connectivity index (χ0) is 10.7. The van der Waals surface area contributed by atoms with E-state index >= 15 is 0 Å². The minimum atomic E-state index is 0.300. The van der Waals surface area contributed by atoms with Crippen LogP contribution in [0.2, 0.25) is 0 Å². The zero-order valence-electron chi connectivity index (χ0n) is 9.52. The van der Waals surface area contributed by atoms with Crippen LogP contribution in [0.25, 0.3) is 0 Å². The first-order valence-electron chi connectivity index (χ1n) is 5.97. The molecule has 0 amide bonds. The Morgan fingerprint density at radius 1 is 1.33 bits per heavy atom. The van der Waals surface area contributed by atoms with Gasteiger partial charge in [-0.1, -0.05) is 0 Å². The highest BCUT2D eigenvalue weighted by molar-refractivity contribution is 4.79.